The summed E-state index contributed by atoms with van der Waals surface area (Å²) in [7, 11) is 0. The molecule has 4 rings (SSSR count). The molecule has 1 aromatic heterocycles. The summed E-state index contributed by atoms with van der Waals surface area (Å²) < 4.78 is 2.25. The molecule has 1 amide bonds. The summed E-state index contributed by atoms with van der Waals surface area (Å²) in [5.74, 6) is 0.762. The van der Waals surface area contributed by atoms with E-state index in [1.54, 1.807) is 0 Å². The third-order valence-corrected chi connectivity index (χ3v) is 6.02. The van der Waals surface area contributed by atoms with E-state index in [0.29, 0.717) is 5.92 Å². The van der Waals surface area contributed by atoms with E-state index in [4.69, 9.17) is 0 Å². The van der Waals surface area contributed by atoms with Crippen LogP contribution in [0.25, 0.3) is 10.9 Å². The van der Waals surface area contributed by atoms with Gasteiger partial charge in [-0.3, -0.25) is 9.69 Å². The molecule has 1 saturated carbocycles. The van der Waals surface area contributed by atoms with Crippen molar-refractivity contribution in [2.24, 2.45) is 5.92 Å². The number of hydrogen-bond acceptors (Lipinski definition) is 2. The van der Waals surface area contributed by atoms with E-state index < -0.39 is 0 Å². The Labute approximate surface area is 156 Å². The van der Waals surface area contributed by atoms with E-state index in [1.807, 2.05) is 6.07 Å². The molecular weight excluding hydrogens is 322 g/mol. The molecule has 4 heteroatoms. The Morgan fingerprint density at radius 2 is 1.77 bits per heavy atom. The van der Waals surface area contributed by atoms with Gasteiger partial charge in [0.15, 0.2) is 0 Å². The van der Waals surface area contributed by atoms with Crippen molar-refractivity contribution in [3.05, 3.63) is 36.0 Å². The molecule has 1 aromatic carbocycles. The molecular formula is C22H31N3O. The highest BCUT2D eigenvalue weighted by Crippen LogP contribution is 2.26. The Bertz CT molecular complexity index is 765. The minimum atomic E-state index is 0.203. The van der Waals surface area contributed by atoms with Crippen LogP contribution in [0.2, 0.25) is 0 Å². The predicted octanol–water partition coefficient (Wildman–Crippen LogP) is 4.00. The fraction of sp³-hybridized carbons (Fsp3) is 0.591. The van der Waals surface area contributed by atoms with Gasteiger partial charge in [-0.05, 0) is 24.8 Å². The van der Waals surface area contributed by atoms with E-state index >= 15 is 0 Å². The summed E-state index contributed by atoms with van der Waals surface area (Å²) in [5.41, 5.74) is 2.05. The zero-order valence-electron chi connectivity index (χ0n) is 16.2. The van der Waals surface area contributed by atoms with Crippen LogP contribution < -0.4 is 0 Å². The zero-order valence-corrected chi connectivity index (χ0v) is 16.2. The quantitative estimate of drug-likeness (QED) is 0.831. The molecule has 0 N–H and O–H groups in total. The average molecular weight is 354 g/mol. The Morgan fingerprint density at radius 3 is 2.46 bits per heavy atom. The largest absolute Gasteiger partial charge is 0.346 e. The van der Waals surface area contributed by atoms with E-state index in [-0.39, 0.29) is 5.91 Å². The maximum atomic E-state index is 13.2. The van der Waals surface area contributed by atoms with Crippen LogP contribution in [0.3, 0.4) is 0 Å². The van der Waals surface area contributed by atoms with Gasteiger partial charge in [-0.2, -0.15) is 0 Å². The van der Waals surface area contributed by atoms with Crippen LogP contribution in [0, 0.1) is 5.92 Å². The van der Waals surface area contributed by atoms with E-state index in [2.05, 4.69) is 52.6 Å². The summed E-state index contributed by atoms with van der Waals surface area (Å²) in [6.45, 7) is 9.17. The first-order valence-electron chi connectivity index (χ1n) is 10.2. The van der Waals surface area contributed by atoms with Crippen LogP contribution in [0.4, 0.5) is 0 Å². The standard InChI is InChI=1S/C22H31N3O/c1-17(2)15-25-16-20(19-9-5-6-10-21(19)25)22(26)24-13-11-23(12-14-24)18-7-3-4-8-18/h5-6,9-10,16-18H,3-4,7-8,11-15H2,1-2H3. The SMILES string of the molecule is CC(C)Cn1cc(C(=O)N2CCN(C3CCCC3)CC2)c2ccccc21. The number of fused-ring (bicyclic) bond motifs is 1. The normalized spacial score (nSPS) is 19.7. The van der Waals surface area contributed by atoms with Crippen LogP contribution in [0.15, 0.2) is 30.5 Å². The van der Waals surface area contributed by atoms with Gasteiger partial charge in [0.1, 0.15) is 0 Å². The topological polar surface area (TPSA) is 28.5 Å². The zero-order chi connectivity index (χ0) is 18.1. The molecule has 4 nitrogen and oxygen atoms in total. The van der Waals surface area contributed by atoms with Crippen LogP contribution in [0.1, 0.15) is 49.9 Å². The molecule has 1 aliphatic heterocycles. The molecule has 0 spiro atoms. The highest BCUT2D eigenvalue weighted by atomic mass is 16.2. The second kappa shape index (κ2) is 7.43. The number of benzene rings is 1. The molecule has 26 heavy (non-hydrogen) atoms. The van der Waals surface area contributed by atoms with E-state index in [1.165, 1.54) is 31.2 Å². The third-order valence-electron chi connectivity index (χ3n) is 6.02. The highest BCUT2D eigenvalue weighted by Gasteiger charge is 2.29. The van der Waals surface area contributed by atoms with Gasteiger partial charge in [-0.25, -0.2) is 0 Å². The average Bonchev–Trinajstić information content (AvgIpc) is 3.30. The van der Waals surface area contributed by atoms with Crippen molar-refractivity contribution in [3.8, 4) is 0 Å². The lowest BCUT2D eigenvalue weighted by Crippen LogP contribution is -2.51. The molecule has 0 bridgehead atoms. The van der Waals surface area contributed by atoms with Gasteiger partial charge in [-0.1, -0.05) is 44.9 Å². The Kier molecular flexibility index (Phi) is 5.03. The maximum absolute atomic E-state index is 13.2. The van der Waals surface area contributed by atoms with Gasteiger partial charge < -0.3 is 9.47 Å². The Hall–Kier alpha value is -1.81. The van der Waals surface area contributed by atoms with Crippen molar-refractivity contribution in [2.75, 3.05) is 26.2 Å². The lowest BCUT2D eigenvalue weighted by atomic mass is 10.1. The first-order valence-corrected chi connectivity index (χ1v) is 10.2. The van der Waals surface area contributed by atoms with Crippen molar-refractivity contribution in [2.45, 2.75) is 52.1 Å². The summed E-state index contributed by atoms with van der Waals surface area (Å²) in [4.78, 5) is 17.9. The molecule has 0 radical (unpaired) electrons. The summed E-state index contributed by atoms with van der Waals surface area (Å²) in [6.07, 6.45) is 7.52. The number of nitrogens with zero attached hydrogens (tertiary/aromatic N) is 3. The maximum Gasteiger partial charge on any atom is 0.256 e. The van der Waals surface area contributed by atoms with Crippen LogP contribution >= 0.6 is 0 Å². The van der Waals surface area contributed by atoms with Gasteiger partial charge >= 0.3 is 0 Å². The van der Waals surface area contributed by atoms with Crippen molar-refractivity contribution in [1.29, 1.82) is 0 Å². The van der Waals surface area contributed by atoms with Gasteiger partial charge in [0, 0.05) is 55.9 Å². The lowest BCUT2D eigenvalue weighted by Gasteiger charge is -2.38. The van der Waals surface area contributed by atoms with Gasteiger partial charge in [0.05, 0.1) is 5.56 Å². The monoisotopic (exact) mass is 353 g/mol. The smallest absolute Gasteiger partial charge is 0.256 e. The molecule has 0 atom stereocenters. The lowest BCUT2D eigenvalue weighted by molar-refractivity contribution is 0.0575. The van der Waals surface area contributed by atoms with Crippen molar-refractivity contribution in [3.63, 3.8) is 0 Å². The molecule has 1 saturated heterocycles. The molecule has 2 aliphatic rings. The number of hydrogen-bond donors (Lipinski definition) is 0. The number of piperazine rings is 1. The van der Waals surface area contributed by atoms with Gasteiger partial charge in [0.2, 0.25) is 0 Å². The number of carbonyl (C=O) groups excluding carboxylic acids is 1. The fourth-order valence-electron chi connectivity index (χ4n) is 4.69. The van der Waals surface area contributed by atoms with Gasteiger partial charge in [-0.15, -0.1) is 0 Å². The van der Waals surface area contributed by atoms with Crippen molar-refractivity contribution >= 4 is 16.8 Å². The second-order valence-electron chi connectivity index (χ2n) is 8.37. The minimum Gasteiger partial charge on any atom is -0.346 e. The summed E-state index contributed by atoms with van der Waals surface area (Å²) in [6, 6.07) is 9.09. The number of para-hydroxylation sites is 1. The Balaban J connectivity index is 1.51. The third kappa shape index (κ3) is 3.39. The number of rotatable bonds is 4. The number of amides is 1. The van der Waals surface area contributed by atoms with E-state index in [9.17, 15) is 4.79 Å². The van der Waals surface area contributed by atoms with Crippen molar-refractivity contribution < 1.29 is 4.79 Å². The second-order valence-corrected chi connectivity index (χ2v) is 8.37. The summed E-state index contributed by atoms with van der Waals surface area (Å²) >= 11 is 0. The first-order chi connectivity index (χ1) is 12.6. The van der Waals surface area contributed by atoms with Crippen LogP contribution in [-0.2, 0) is 6.54 Å². The molecule has 2 fully saturated rings. The van der Waals surface area contributed by atoms with Crippen LogP contribution in [-0.4, -0.2) is 52.5 Å². The van der Waals surface area contributed by atoms with Crippen molar-refractivity contribution in [1.82, 2.24) is 14.4 Å². The molecule has 1 aliphatic carbocycles. The highest BCUT2D eigenvalue weighted by molar-refractivity contribution is 6.07. The van der Waals surface area contributed by atoms with E-state index in [0.717, 1.165) is 49.7 Å². The van der Waals surface area contributed by atoms with Crippen LogP contribution in [0.5, 0.6) is 0 Å². The molecule has 140 valence electrons. The molecule has 0 unspecified atom stereocenters. The first kappa shape index (κ1) is 17.6. The summed E-state index contributed by atoms with van der Waals surface area (Å²) in [5, 5.41) is 1.09. The fourth-order valence-corrected chi connectivity index (χ4v) is 4.69. The molecule has 2 heterocycles. The predicted molar refractivity (Wildman–Crippen MR) is 107 cm³/mol. The number of aromatic nitrogens is 1. The number of carbonyl (C=O) groups is 1. The molecule has 2 aromatic rings. The minimum absolute atomic E-state index is 0.203. The Morgan fingerprint density at radius 1 is 1.08 bits per heavy atom. The van der Waals surface area contributed by atoms with Gasteiger partial charge in [0.25, 0.3) is 5.91 Å².